The lowest BCUT2D eigenvalue weighted by Gasteiger charge is -2.22. The molecule has 0 unspecified atom stereocenters. The van der Waals surface area contributed by atoms with Gasteiger partial charge in [0.2, 0.25) is 11.8 Å². The Morgan fingerprint density at radius 3 is 2.88 bits per heavy atom. The van der Waals surface area contributed by atoms with E-state index in [0.29, 0.717) is 13.2 Å². The van der Waals surface area contributed by atoms with Gasteiger partial charge in [0.05, 0.1) is 12.6 Å². The van der Waals surface area contributed by atoms with Crippen molar-refractivity contribution in [2.75, 3.05) is 26.3 Å². The molecule has 0 saturated carbocycles. The Morgan fingerprint density at radius 2 is 2.25 bits per heavy atom. The van der Waals surface area contributed by atoms with Crippen LogP contribution in [-0.4, -0.2) is 44.2 Å². The number of piperidine rings is 1. The zero-order chi connectivity index (χ0) is 11.8. The Labute approximate surface area is 94.9 Å². The first kappa shape index (κ1) is 12.9. The van der Waals surface area contributed by atoms with Crippen LogP contribution in [0.15, 0.2) is 0 Å². The molecule has 4 N–H and O–H groups in total. The third kappa shape index (κ3) is 5.09. The Hall–Kier alpha value is -1.14. The van der Waals surface area contributed by atoms with Crippen LogP contribution in [0.3, 0.4) is 0 Å². The Bertz CT molecular complexity index is 239. The number of nitrogens with two attached hydrogens (primary N) is 1. The minimum Gasteiger partial charge on any atom is -0.370 e. The van der Waals surface area contributed by atoms with E-state index in [1.807, 2.05) is 0 Å². The lowest BCUT2D eigenvalue weighted by Crippen LogP contribution is -2.47. The van der Waals surface area contributed by atoms with E-state index < -0.39 is 5.91 Å². The second-order valence-corrected chi connectivity index (χ2v) is 3.81. The molecular weight excluding hydrogens is 210 g/mol. The average Bonchev–Trinajstić information content (AvgIpc) is 2.29. The van der Waals surface area contributed by atoms with E-state index in [0.717, 1.165) is 25.8 Å². The normalized spacial score (nSPS) is 20.4. The topological polar surface area (TPSA) is 93.5 Å². The average molecular weight is 229 g/mol. The van der Waals surface area contributed by atoms with Crippen LogP contribution in [0.5, 0.6) is 0 Å². The molecule has 0 aromatic rings. The number of carbonyl (C=O) groups excluding carboxylic acids is 2. The fraction of sp³-hybridized carbons (Fsp3) is 0.800. The van der Waals surface area contributed by atoms with E-state index in [4.69, 9.17) is 10.5 Å². The van der Waals surface area contributed by atoms with Gasteiger partial charge in [0.1, 0.15) is 6.61 Å². The molecule has 0 aliphatic carbocycles. The van der Waals surface area contributed by atoms with E-state index >= 15 is 0 Å². The first-order valence-electron chi connectivity index (χ1n) is 5.57. The van der Waals surface area contributed by atoms with Crippen molar-refractivity contribution < 1.29 is 14.3 Å². The minimum absolute atomic E-state index is 0.00220. The summed E-state index contributed by atoms with van der Waals surface area (Å²) in [5, 5.41) is 5.90. The summed E-state index contributed by atoms with van der Waals surface area (Å²) in [6.07, 6.45) is 3.10. The zero-order valence-electron chi connectivity index (χ0n) is 9.33. The largest absolute Gasteiger partial charge is 0.370 e. The summed E-state index contributed by atoms with van der Waals surface area (Å²) in [7, 11) is 0. The molecule has 1 rings (SSSR count). The number of ether oxygens (including phenoxy) is 1. The van der Waals surface area contributed by atoms with Gasteiger partial charge in [-0.3, -0.25) is 9.59 Å². The molecule has 6 heteroatoms. The summed E-state index contributed by atoms with van der Waals surface area (Å²) in [6.45, 7) is 1.51. The lowest BCUT2D eigenvalue weighted by atomic mass is 10.0. The number of hydrogen-bond acceptors (Lipinski definition) is 4. The molecule has 1 aliphatic rings. The minimum atomic E-state index is -0.500. The quantitative estimate of drug-likeness (QED) is 0.496. The maximum absolute atomic E-state index is 11.6. The number of amides is 2. The highest BCUT2D eigenvalue weighted by Crippen LogP contribution is 2.06. The van der Waals surface area contributed by atoms with Gasteiger partial charge < -0.3 is 21.1 Å². The molecule has 1 saturated heterocycles. The van der Waals surface area contributed by atoms with Crippen molar-refractivity contribution in [3.63, 3.8) is 0 Å². The molecule has 1 fully saturated rings. The highest BCUT2D eigenvalue weighted by atomic mass is 16.5. The lowest BCUT2D eigenvalue weighted by molar-refractivity contribution is -0.124. The molecule has 1 atom stereocenters. The molecule has 0 aromatic carbocycles. The zero-order valence-corrected chi connectivity index (χ0v) is 9.33. The fourth-order valence-electron chi connectivity index (χ4n) is 1.62. The SMILES string of the molecule is NC(=O)COCCNC(=O)[C@H]1CCCCN1. The highest BCUT2D eigenvalue weighted by molar-refractivity contribution is 5.81. The van der Waals surface area contributed by atoms with E-state index in [2.05, 4.69) is 10.6 Å². The van der Waals surface area contributed by atoms with Crippen molar-refractivity contribution in [2.24, 2.45) is 5.73 Å². The van der Waals surface area contributed by atoms with Crippen molar-refractivity contribution in [1.29, 1.82) is 0 Å². The van der Waals surface area contributed by atoms with E-state index in [-0.39, 0.29) is 18.6 Å². The van der Waals surface area contributed by atoms with Crippen LogP contribution in [0, 0.1) is 0 Å². The summed E-state index contributed by atoms with van der Waals surface area (Å²) in [5.74, 6) is -0.498. The molecule has 16 heavy (non-hydrogen) atoms. The third-order valence-electron chi connectivity index (χ3n) is 2.42. The van der Waals surface area contributed by atoms with E-state index in [1.165, 1.54) is 0 Å². The summed E-state index contributed by atoms with van der Waals surface area (Å²) in [6, 6.07) is -0.0788. The van der Waals surface area contributed by atoms with Crippen molar-refractivity contribution >= 4 is 11.8 Å². The van der Waals surface area contributed by atoms with Crippen LogP contribution >= 0.6 is 0 Å². The maximum atomic E-state index is 11.6. The van der Waals surface area contributed by atoms with Gasteiger partial charge in [-0.05, 0) is 19.4 Å². The van der Waals surface area contributed by atoms with Gasteiger partial charge in [-0.1, -0.05) is 6.42 Å². The molecule has 0 bridgehead atoms. The smallest absolute Gasteiger partial charge is 0.243 e. The molecule has 1 aliphatic heterocycles. The standard InChI is InChI=1S/C10H19N3O3/c11-9(14)7-16-6-5-13-10(15)8-3-1-2-4-12-8/h8,12H,1-7H2,(H2,11,14)(H,13,15)/t8-/m1/s1. The van der Waals surface area contributed by atoms with E-state index in [9.17, 15) is 9.59 Å². The maximum Gasteiger partial charge on any atom is 0.243 e. The number of nitrogens with one attached hydrogen (secondary N) is 2. The summed E-state index contributed by atoms with van der Waals surface area (Å²) in [5.41, 5.74) is 4.89. The van der Waals surface area contributed by atoms with Crippen LogP contribution in [0.2, 0.25) is 0 Å². The molecular formula is C10H19N3O3. The molecule has 92 valence electrons. The molecule has 0 spiro atoms. The van der Waals surface area contributed by atoms with Crippen LogP contribution in [-0.2, 0) is 14.3 Å². The Kier molecular flexibility index (Phi) is 5.81. The molecule has 0 radical (unpaired) electrons. The predicted octanol–water partition coefficient (Wildman–Crippen LogP) is -1.25. The van der Waals surface area contributed by atoms with Gasteiger partial charge >= 0.3 is 0 Å². The Morgan fingerprint density at radius 1 is 1.44 bits per heavy atom. The Balaban J connectivity index is 2.03. The number of rotatable bonds is 6. The summed E-state index contributed by atoms with van der Waals surface area (Å²) < 4.78 is 4.92. The van der Waals surface area contributed by atoms with Crippen molar-refractivity contribution in [3.05, 3.63) is 0 Å². The number of carbonyl (C=O) groups is 2. The van der Waals surface area contributed by atoms with Gasteiger partial charge in [-0.2, -0.15) is 0 Å². The molecule has 2 amide bonds. The van der Waals surface area contributed by atoms with Gasteiger partial charge in [-0.15, -0.1) is 0 Å². The van der Waals surface area contributed by atoms with Crippen LogP contribution < -0.4 is 16.4 Å². The summed E-state index contributed by atoms with van der Waals surface area (Å²) >= 11 is 0. The van der Waals surface area contributed by atoms with Gasteiger partial charge in [-0.25, -0.2) is 0 Å². The predicted molar refractivity (Wildman–Crippen MR) is 58.7 cm³/mol. The first-order valence-corrected chi connectivity index (χ1v) is 5.57. The van der Waals surface area contributed by atoms with Crippen molar-refractivity contribution in [2.45, 2.75) is 25.3 Å². The van der Waals surface area contributed by atoms with Crippen LogP contribution in [0.4, 0.5) is 0 Å². The summed E-state index contributed by atoms with van der Waals surface area (Å²) in [4.78, 5) is 21.9. The third-order valence-corrected chi connectivity index (χ3v) is 2.42. The van der Waals surface area contributed by atoms with Crippen LogP contribution in [0.25, 0.3) is 0 Å². The van der Waals surface area contributed by atoms with Gasteiger partial charge in [0, 0.05) is 6.54 Å². The van der Waals surface area contributed by atoms with Crippen molar-refractivity contribution in [1.82, 2.24) is 10.6 Å². The van der Waals surface area contributed by atoms with Gasteiger partial charge in [0.25, 0.3) is 0 Å². The van der Waals surface area contributed by atoms with Crippen LogP contribution in [0.1, 0.15) is 19.3 Å². The number of hydrogen-bond donors (Lipinski definition) is 3. The highest BCUT2D eigenvalue weighted by Gasteiger charge is 2.19. The second kappa shape index (κ2) is 7.19. The molecule has 0 aromatic heterocycles. The molecule has 6 nitrogen and oxygen atoms in total. The second-order valence-electron chi connectivity index (χ2n) is 3.81. The first-order chi connectivity index (χ1) is 7.70. The monoisotopic (exact) mass is 229 g/mol. The van der Waals surface area contributed by atoms with Crippen molar-refractivity contribution in [3.8, 4) is 0 Å². The van der Waals surface area contributed by atoms with E-state index in [1.54, 1.807) is 0 Å². The van der Waals surface area contributed by atoms with Gasteiger partial charge in [0.15, 0.2) is 0 Å². The number of primary amides is 1. The fourth-order valence-corrected chi connectivity index (χ4v) is 1.62. The molecule has 1 heterocycles.